The van der Waals surface area contributed by atoms with Crippen LogP contribution in [0.5, 0.6) is 5.75 Å². The van der Waals surface area contributed by atoms with Crippen LogP contribution in [0.2, 0.25) is 0 Å². The van der Waals surface area contributed by atoms with E-state index in [1.165, 1.54) is 6.07 Å². The lowest BCUT2D eigenvalue weighted by molar-refractivity contribution is -0.133. The lowest BCUT2D eigenvalue weighted by Crippen LogP contribution is -2.36. The molecule has 1 aliphatic heterocycles. The van der Waals surface area contributed by atoms with Crippen molar-refractivity contribution in [3.8, 4) is 5.75 Å². The van der Waals surface area contributed by atoms with Crippen molar-refractivity contribution in [1.29, 1.82) is 0 Å². The second kappa shape index (κ2) is 8.39. The molecule has 1 saturated heterocycles. The monoisotopic (exact) mass is 359 g/mol. The molecule has 1 aliphatic rings. The number of benzene rings is 2. The van der Waals surface area contributed by atoms with E-state index in [4.69, 9.17) is 4.74 Å². The van der Waals surface area contributed by atoms with Crippen molar-refractivity contribution in [2.45, 2.75) is 18.6 Å². The third-order valence-corrected chi connectivity index (χ3v) is 5.64. The van der Waals surface area contributed by atoms with Crippen molar-refractivity contribution < 1.29 is 13.9 Å². The standard InChI is InChI=1S/C20H22FNO2S/c1-15-6-8-16(9-7-15)24-14-20(23)22-11-10-19(25-13-12-22)17-4-2-3-5-18(17)21/h2-9,19H,10-14H2,1H3. The van der Waals surface area contributed by atoms with E-state index < -0.39 is 0 Å². The summed E-state index contributed by atoms with van der Waals surface area (Å²) in [5, 5.41) is 0.0945. The zero-order chi connectivity index (χ0) is 17.6. The van der Waals surface area contributed by atoms with Crippen LogP contribution in [0.3, 0.4) is 0 Å². The van der Waals surface area contributed by atoms with Gasteiger partial charge in [-0.15, -0.1) is 0 Å². The number of carbonyl (C=O) groups is 1. The molecule has 0 radical (unpaired) electrons. The Bertz CT molecular complexity index is 720. The van der Waals surface area contributed by atoms with Gasteiger partial charge in [0.15, 0.2) is 6.61 Å². The predicted molar refractivity (Wildman–Crippen MR) is 99.5 cm³/mol. The Kier molecular flexibility index (Phi) is 5.97. The normalized spacial score (nSPS) is 17.8. The van der Waals surface area contributed by atoms with Gasteiger partial charge in [-0.05, 0) is 31.5 Å². The summed E-state index contributed by atoms with van der Waals surface area (Å²) in [4.78, 5) is 14.2. The molecule has 1 atom stereocenters. The lowest BCUT2D eigenvalue weighted by atomic mass is 10.1. The fourth-order valence-corrected chi connectivity index (χ4v) is 4.13. The average Bonchev–Trinajstić information content (AvgIpc) is 2.87. The second-order valence-electron chi connectivity index (χ2n) is 6.15. The van der Waals surface area contributed by atoms with E-state index in [1.807, 2.05) is 48.2 Å². The fraction of sp³-hybridized carbons (Fsp3) is 0.350. The van der Waals surface area contributed by atoms with Crippen molar-refractivity contribution >= 4 is 17.7 Å². The molecule has 1 fully saturated rings. The molecule has 3 nitrogen and oxygen atoms in total. The summed E-state index contributed by atoms with van der Waals surface area (Å²) in [7, 11) is 0. The topological polar surface area (TPSA) is 29.5 Å². The molecule has 0 spiro atoms. The Balaban J connectivity index is 1.54. The molecular weight excluding hydrogens is 337 g/mol. The number of aryl methyl sites for hydroxylation is 1. The molecule has 5 heteroatoms. The van der Waals surface area contributed by atoms with E-state index in [9.17, 15) is 9.18 Å². The smallest absolute Gasteiger partial charge is 0.260 e. The first-order chi connectivity index (χ1) is 12.1. The van der Waals surface area contributed by atoms with Gasteiger partial charge in [-0.3, -0.25) is 4.79 Å². The van der Waals surface area contributed by atoms with Crippen LogP contribution in [0.4, 0.5) is 4.39 Å². The lowest BCUT2D eigenvalue weighted by Gasteiger charge is -2.20. The highest BCUT2D eigenvalue weighted by Gasteiger charge is 2.23. The van der Waals surface area contributed by atoms with Gasteiger partial charge in [0.2, 0.25) is 0 Å². The van der Waals surface area contributed by atoms with Gasteiger partial charge in [-0.1, -0.05) is 35.9 Å². The average molecular weight is 359 g/mol. The number of nitrogens with zero attached hydrogens (tertiary/aromatic N) is 1. The maximum absolute atomic E-state index is 14.0. The molecule has 25 heavy (non-hydrogen) atoms. The summed E-state index contributed by atoms with van der Waals surface area (Å²) >= 11 is 1.71. The van der Waals surface area contributed by atoms with Crippen LogP contribution in [0.15, 0.2) is 48.5 Å². The summed E-state index contributed by atoms with van der Waals surface area (Å²) in [6.45, 7) is 3.35. The maximum Gasteiger partial charge on any atom is 0.260 e. The molecule has 2 aromatic carbocycles. The number of thioether (sulfide) groups is 1. The Morgan fingerprint density at radius 3 is 2.72 bits per heavy atom. The number of rotatable bonds is 4. The minimum Gasteiger partial charge on any atom is -0.484 e. The van der Waals surface area contributed by atoms with Gasteiger partial charge in [0.05, 0.1) is 0 Å². The minimum absolute atomic E-state index is 0.0182. The van der Waals surface area contributed by atoms with E-state index >= 15 is 0 Å². The summed E-state index contributed by atoms with van der Waals surface area (Å²) in [5.41, 5.74) is 1.89. The zero-order valence-corrected chi connectivity index (χ0v) is 15.1. The zero-order valence-electron chi connectivity index (χ0n) is 14.3. The summed E-state index contributed by atoms with van der Waals surface area (Å²) in [6.07, 6.45) is 0.752. The van der Waals surface area contributed by atoms with Crippen molar-refractivity contribution in [3.05, 3.63) is 65.5 Å². The minimum atomic E-state index is -0.164. The highest BCUT2D eigenvalue weighted by molar-refractivity contribution is 7.99. The van der Waals surface area contributed by atoms with Crippen molar-refractivity contribution in [3.63, 3.8) is 0 Å². The van der Waals surface area contributed by atoms with Crippen LogP contribution in [0.1, 0.15) is 22.8 Å². The van der Waals surface area contributed by atoms with E-state index in [0.29, 0.717) is 18.8 Å². The van der Waals surface area contributed by atoms with Gasteiger partial charge in [-0.25, -0.2) is 4.39 Å². The Labute approximate surface area is 152 Å². The third-order valence-electron chi connectivity index (χ3n) is 4.33. The second-order valence-corrected chi connectivity index (χ2v) is 7.46. The number of hydrogen-bond acceptors (Lipinski definition) is 3. The SMILES string of the molecule is Cc1ccc(OCC(=O)N2CCSC(c3ccccc3F)CC2)cc1. The third kappa shape index (κ3) is 4.75. The first-order valence-corrected chi connectivity index (χ1v) is 9.51. The first-order valence-electron chi connectivity index (χ1n) is 8.47. The molecule has 1 heterocycles. The van der Waals surface area contributed by atoms with Gasteiger partial charge in [0, 0.05) is 29.7 Å². The molecule has 3 rings (SSSR count). The van der Waals surface area contributed by atoms with Gasteiger partial charge in [-0.2, -0.15) is 11.8 Å². The Morgan fingerprint density at radius 2 is 1.96 bits per heavy atom. The first kappa shape index (κ1) is 17.8. The summed E-state index contributed by atoms with van der Waals surface area (Å²) in [5.74, 6) is 1.32. The number of halogens is 1. The van der Waals surface area contributed by atoms with Crippen LogP contribution in [-0.2, 0) is 4.79 Å². The molecule has 0 bridgehead atoms. The maximum atomic E-state index is 14.0. The van der Waals surface area contributed by atoms with Crippen molar-refractivity contribution in [1.82, 2.24) is 4.90 Å². The van der Waals surface area contributed by atoms with Gasteiger partial charge < -0.3 is 9.64 Å². The molecule has 0 aromatic heterocycles. The Morgan fingerprint density at radius 1 is 1.20 bits per heavy atom. The van der Waals surface area contributed by atoms with Gasteiger partial charge >= 0.3 is 0 Å². The van der Waals surface area contributed by atoms with E-state index in [2.05, 4.69) is 0 Å². The van der Waals surface area contributed by atoms with Crippen LogP contribution in [0, 0.1) is 12.7 Å². The highest BCUT2D eigenvalue weighted by atomic mass is 32.2. The Hall–Kier alpha value is -2.01. The van der Waals surface area contributed by atoms with Gasteiger partial charge in [0.1, 0.15) is 11.6 Å². The van der Waals surface area contributed by atoms with Crippen LogP contribution in [0.25, 0.3) is 0 Å². The number of hydrogen-bond donors (Lipinski definition) is 0. The van der Waals surface area contributed by atoms with Crippen LogP contribution < -0.4 is 4.74 Å². The molecule has 1 unspecified atom stereocenters. The van der Waals surface area contributed by atoms with Crippen LogP contribution >= 0.6 is 11.8 Å². The number of carbonyl (C=O) groups excluding carboxylic acids is 1. The van der Waals surface area contributed by atoms with E-state index in [1.54, 1.807) is 17.8 Å². The molecule has 0 aliphatic carbocycles. The summed E-state index contributed by atoms with van der Waals surface area (Å²) in [6, 6.07) is 14.6. The molecule has 2 aromatic rings. The van der Waals surface area contributed by atoms with Crippen molar-refractivity contribution in [2.24, 2.45) is 0 Å². The fourth-order valence-electron chi connectivity index (χ4n) is 2.88. The predicted octanol–water partition coefficient (Wildman–Crippen LogP) is 4.22. The van der Waals surface area contributed by atoms with Crippen LogP contribution in [-0.4, -0.2) is 36.3 Å². The largest absolute Gasteiger partial charge is 0.484 e. The van der Waals surface area contributed by atoms with Crippen molar-refractivity contribution in [2.75, 3.05) is 25.4 Å². The quantitative estimate of drug-likeness (QED) is 0.819. The summed E-state index contributed by atoms with van der Waals surface area (Å²) < 4.78 is 19.6. The molecule has 0 N–H and O–H groups in total. The van der Waals surface area contributed by atoms with E-state index in [0.717, 1.165) is 23.3 Å². The van der Waals surface area contributed by atoms with E-state index in [-0.39, 0.29) is 23.6 Å². The number of ether oxygens (including phenoxy) is 1. The molecule has 132 valence electrons. The van der Waals surface area contributed by atoms with Gasteiger partial charge in [0.25, 0.3) is 5.91 Å². The molecule has 0 saturated carbocycles. The highest BCUT2D eigenvalue weighted by Crippen LogP contribution is 2.35. The number of amides is 1. The molecular formula is C20H22FNO2S. The molecule has 1 amide bonds.